The van der Waals surface area contributed by atoms with Gasteiger partial charge in [-0.25, -0.2) is 0 Å². The highest BCUT2D eigenvalue weighted by atomic mass is 16.1. The quantitative estimate of drug-likeness (QED) is 0.798. The van der Waals surface area contributed by atoms with Gasteiger partial charge < -0.3 is 10.3 Å². The molecule has 1 heterocycles. The number of rotatable bonds is 5. The smallest absolute Gasteiger partial charge is 0.220 e. The average Bonchev–Trinajstić information content (AvgIpc) is 3.02. The van der Waals surface area contributed by atoms with Crippen LogP contribution in [-0.4, -0.2) is 16.9 Å². The molecule has 1 amide bonds. The van der Waals surface area contributed by atoms with E-state index in [1.807, 2.05) is 6.07 Å². The highest BCUT2D eigenvalue weighted by Gasteiger charge is 2.53. The normalized spacial score (nSPS) is 33.5. The van der Waals surface area contributed by atoms with Crippen molar-refractivity contribution in [2.75, 3.05) is 0 Å². The fraction of sp³-hybridized carbons (Fsp3) is 0.609. The lowest BCUT2D eigenvalue weighted by Crippen LogP contribution is -2.55. The van der Waals surface area contributed by atoms with Crippen molar-refractivity contribution in [2.45, 2.75) is 64.3 Å². The molecule has 1 aromatic carbocycles. The van der Waals surface area contributed by atoms with Gasteiger partial charge >= 0.3 is 0 Å². The predicted molar refractivity (Wildman–Crippen MR) is 105 cm³/mol. The molecule has 4 saturated carbocycles. The second-order valence-electron chi connectivity index (χ2n) is 9.43. The van der Waals surface area contributed by atoms with Gasteiger partial charge in [-0.1, -0.05) is 18.2 Å². The number of nitrogens with one attached hydrogen (secondary N) is 2. The number of amides is 1. The summed E-state index contributed by atoms with van der Waals surface area (Å²) in [5, 5.41) is 4.64. The Hall–Kier alpha value is -1.77. The van der Waals surface area contributed by atoms with Crippen molar-refractivity contribution in [3.63, 3.8) is 0 Å². The summed E-state index contributed by atoms with van der Waals surface area (Å²) in [6.07, 6.45) is 11.9. The number of benzene rings is 1. The van der Waals surface area contributed by atoms with Crippen LogP contribution in [0.5, 0.6) is 0 Å². The second-order valence-corrected chi connectivity index (χ2v) is 9.43. The van der Waals surface area contributed by atoms with E-state index in [9.17, 15) is 4.79 Å². The van der Waals surface area contributed by atoms with Gasteiger partial charge in [0.15, 0.2) is 0 Å². The summed E-state index contributed by atoms with van der Waals surface area (Å²) in [6, 6.07) is 8.66. The first-order valence-corrected chi connectivity index (χ1v) is 10.5. The summed E-state index contributed by atoms with van der Waals surface area (Å²) in [5.74, 6) is 3.03. The fourth-order valence-corrected chi connectivity index (χ4v) is 6.76. The highest BCUT2D eigenvalue weighted by molar-refractivity contribution is 5.84. The van der Waals surface area contributed by atoms with Crippen molar-refractivity contribution in [1.82, 2.24) is 10.3 Å². The number of hydrogen-bond acceptors (Lipinski definition) is 1. The second kappa shape index (κ2) is 6.14. The van der Waals surface area contributed by atoms with E-state index in [0.717, 1.165) is 29.7 Å². The third-order valence-corrected chi connectivity index (χ3v) is 7.68. The summed E-state index contributed by atoms with van der Waals surface area (Å²) in [5.41, 5.74) is 2.80. The van der Waals surface area contributed by atoms with Crippen molar-refractivity contribution >= 4 is 16.8 Å². The van der Waals surface area contributed by atoms with Gasteiger partial charge in [0.2, 0.25) is 5.91 Å². The van der Waals surface area contributed by atoms with Gasteiger partial charge in [-0.05, 0) is 86.7 Å². The number of aromatic nitrogens is 1. The lowest BCUT2D eigenvalue weighted by atomic mass is 9.48. The molecule has 26 heavy (non-hydrogen) atoms. The summed E-state index contributed by atoms with van der Waals surface area (Å²) < 4.78 is 0. The molecule has 1 aromatic heterocycles. The van der Waals surface area contributed by atoms with E-state index in [1.165, 1.54) is 49.5 Å². The molecule has 0 aliphatic heterocycles. The Morgan fingerprint density at radius 1 is 1.15 bits per heavy atom. The van der Waals surface area contributed by atoms with E-state index >= 15 is 0 Å². The van der Waals surface area contributed by atoms with E-state index < -0.39 is 0 Å². The third kappa shape index (κ3) is 2.76. The Morgan fingerprint density at radius 2 is 1.81 bits per heavy atom. The van der Waals surface area contributed by atoms with Crippen molar-refractivity contribution < 1.29 is 4.79 Å². The van der Waals surface area contributed by atoms with Gasteiger partial charge in [0.05, 0.1) is 0 Å². The summed E-state index contributed by atoms with van der Waals surface area (Å²) >= 11 is 0. The molecule has 3 nitrogen and oxygen atoms in total. The van der Waals surface area contributed by atoms with Crippen LogP contribution in [0.1, 0.15) is 57.4 Å². The van der Waals surface area contributed by atoms with Crippen molar-refractivity contribution in [3.8, 4) is 0 Å². The molecule has 0 spiro atoms. The maximum absolute atomic E-state index is 12.7. The molecule has 4 fully saturated rings. The predicted octanol–water partition coefficient (Wildman–Crippen LogP) is 4.82. The van der Waals surface area contributed by atoms with Gasteiger partial charge in [0.25, 0.3) is 0 Å². The Bertz CT molecular complexity index is 785. The van der Waals surface area contributed by atoms with Crippen LogP contribution in [0.2, 0.25) is 0 Å². The van der Waals surface area contributed by atoms with Gasteiger partial charge in [0, 0.05) is 29.6 Å². The molecule has 0 radical (unpaired) electrons. The largest absolute Gasteiger partial charge is 0.361 e. The first kappa shape index (κ1) is 16.4. The zero-order valence-electron chi connectivity index (χ0n) is 15.8. The summed E-state index contributed by atoms with van der Waals surface area (Å²) in [6.45, 7) is 2.27. The van der Waals surface area contributed by atoms with E-state index in [2.05, 4.69) is 41.6 Å². The topological polar surface area (TPSA) is 44.9 Å². The van der Waals surface area contributed by atoms with E-state index in [4.69, 9.17) is 0 Å². The highest BCUT2D eigenvalue weighted by Crippen LogP contribution is 2.61. The summed E-state index contributed by atoms with van der Waals surface area (Å²) in [4.78, 5) is 16.0. The molecule has 3 heteroatoms. The number of H-pyrrole nitrogens is 1. The Morgan fingerprint density at radius 3 is 2.50 bits per heavy atom. The van der Waals surface area contributed by atoms with Gasteiger partial charge in [-0.3, -0.25) is 4.79 Å². The van der Waals surface area contributed by atoms with Crippen LogP contribution in [0.25, 0.3) is 10.9 Å². The number of aryl methyl sites for hydroxylation is 1. The van der Waals surface area contributed by atoms with Crippen LogP contribution >= 0.6 is 0 Å². The molecule has 0 saturated heterocycles. The molecule has 0 unspecified atom stereocenters. The minimum absolute atomic E-state index is 0.221. The maximum atomic E-state index is 12.7. The molecule has 4 aliphatic rings. The van der Waals surface area contributed by atoms with Crippen molar-refractivity contribution in [3.05, 3.63) is 36.0 Å². The number of carbonyl (C=O) groups is 1. The molecule has 4 bridgehead atoms. The van der Waals surface area contributed by atoms with E-state index in [-0.39, 0.29) is 5.91 Å². The molecule has 138 valence electrons. The maximum Gasteiger partial charge on any atom is 0.220 e. The Balaban J connectivity index is 1.22. The molecule has 4 aliphatic carbocycles. The molecule has 6 rings (SSSR count). The average molecular weight is 351 g/mol. The Kier molecular flexibility index (Phi) is 3.88. The number of fused-ring (bicyclic) bond motifs is 1. The number of aromatic amines is 1. The zero-order valence-corrected chi connectivity index (χ0v) is 15.8. The molecular weight excluding hydrogens is 320 g/mol. The molecule has 1 atom stereocenters. The van der Waals surface area contributed by atoms with Crippen LogP contribution < -0.4 is 5.32 Å². The van der Waals surface area contributed by atoms with Crippen LogP contribution in [-0.2, 0) is 11.2 Å². The molecule has 2 N–H and O–H groups in total. The van der Waals surface area contributed by atoms with Gasteiger partial charge in [-0.2, -0.15) is 0 Å². The number of carbonyl (C=O) groups excluding carboxylic acids is 1. The Labute approximate surface area is 155 Å². The number of hydrogen-bond donors (Lipinski definition) is 2. The molecule has 2 aromatic rings. The van der Waals surface area contributed by atoms with E-state index in [0.29, 0.717) is 17.9 Å². The van der Waals surface area contributed by atoms with E-state index in [1.54, 1.807) is 0 Å². The first-order valence-electron chi connectivity index (χ1n) is 10.5. The van der Waals surface area contributed by atoms with Gasteiger partial charge in [0.1, 0.15) is 0 Å². The monoisotopic (exact) mass is 350 g/mol. The minimum Gasteiger partial charge on any atom is -0.361 e. The van der Waals surface area contributed by atoms with Crippen molar-refractivity contribution in [1.29, 1.82) is 0 Å². The van der Waals surface area contributed by atoms with Gasteiger partial charge in [-0.15, -0.1) is 0 Å². The molecular formula is C23H30N2O. The summed E-state index contributed by atoms with van der Waals surface area (Å²) in [7, 11) is 0. The van der Waals surface area contributed by atoms with Crippen LogP contribution in [0.15, 0.2) is 30.5 Å². The lowest BCUT2D eigenvalue weighted by molar-refractivity contribution is -0.125. The first-order chi connectivity index (χ1) is 12.6. The minimum atomic E-state index is 0.221. The number of para-hydroxylation sites is 1. The van der Waals surface area contributed by atoms with Crippen molar-refractivity contribution in [2.24, 2.45) is 23.2 Å². The van der Waals surface area contributed by atoms with Crippen LogP contribution in [0, 0.1) is 23.2 Å². The third-order valence-electron chi connectivity index (χ3n) is 7.68. The van der Waals surface area contributed by atoms with Crippen LogP contribution in [0.4, 0.5) is 0 Å². The fourth-order valence-electron chi connectivity index (χ4n) is 6.76. The zero-order chi connectivity index (χ0) is 17.7. The lowest BCUT2D eigenvalue weighted by Gasteiger charge is -2.59. The van der Waals surface area contributed by atoms with Crippen LogP contribution in [0.3, 0.4) is 0 Å². The standard InChI is InChI=1S/C23H30N2O/c1-15(23-11-16-8-17(12-23)10-18(9-16)13-23)25-22(26)7-6-19-14-24-21-5-3-2-4-20(19)21/h2-5,14-18,24H,6-13H2,1H3,(H,25,26)/t15-,16?,17?,18?,23?/m1/s1. The SMILES string of the molecule is C[C@@H](NC(=O)CCc1c[nH]c2ccccc12)C12CC3CC(CC(C3)C1)C2.